The van der Waals surface area contributed by atoms with Crippen LogP contribution in [0, 0.1) is 5.41 Å². The van der Waals surface area contributed by atoms with Gasteiger partial charge in [0.05, 0.1) is 5.41 Å². The lowest BCUT2D eigenvalue weighted by molar-refractivity contribution is -0.147. The van der Waals surface area contributed by atoms with Gasteiger partial charge < -0.3 is 15.7 Å². The minimum Gasteiger partial charge on any atom is -0.481 e. The average Bonchev–Trinajstić information content (AvgIpc) is 2.95. The molecule has 1 fully saturated rings. The molecule has 0 aliphatic heterocycles. The summed E-state index contributed by atoms with van der Waals surface area (Å²) in [6, 6.07) is 3.36. The molecule has 108 valence electrons. The van der Waals surface area contributed by atoms with Gasteiger partial charge in [-0.25, -0.2) is 0 Å². The van der Waals surface area contributed by atoms with Crippen molar-refractivity contribution in [1.29, 1.82) is 0 Å². The number of anilines is 1. The van der Waals surface area contributed by atoms with Crippen LogP contribution in [0.4, 0.5) is 5.69 Å². The molecule has 1 aromatic rings. The normalized spacial score (nSPS) is 16.6. The highest BCUT2D eigenvalue weighted by Gasteiger charge is 2.41. The fourth-order valence-electron chi connectivity index (χ4n) is 2.58. The van der Waals surface area contributed by atoms with Gasteiger partial charge in [0.15, 0.2) is 0 Å². The fraction of sp³-hybridized carbons (Fsp3) is 0.500. The fourth-order valence-corrected chi connectivity index (χ4v) is 2.58. The zero-order valence-corrected chi connectivity index (χ0v) is 11.5. The molecule has 0 radical (unpaired) electrons. The molecule has 1 aliphatic rings. The van der Waals surface area contributed by atoms with Crippen LogP contribution >= 0.6 is 0 Å². The third kappa shape index (κ3) is 2.89. The molecule has 6 nitrogen and oxygen atoms in total. The van der Waals surface area contributed by atoms with Gasteiger partial charge in [-0.05, 0) is 25.0 Å². The number of amides is 1. The zero-order valence-electron chi connectivity index (χ0n) is 11.5. The number of rotatable bonds is 5. The van der Waals surface area contributed by atoms with Crippen LogP contribution in [0.5, 0.6) is 0 Å². The first kappa shape index (κ1) is 14.3. The van der Waals surface area contributed by atoms with Crippen molar-refractivity contribution in [3.63, 3.8) is 0 Å². The van der Waals surface area contributed by atoms with Crippen molar-refractivity contribution in [2.24, 2.45) is 5.41 Å². The Balaban J connectivity index is 2.07. The van der Waals surface area contributed by atoms with E-state index in [0.29, 0.717) is 30.8 Å². The SMILES string of the molecule is CNC(=O)c1cc(NCC2(C(=O)O)CCCC2)ccn1. The molecule has 1 amide bonds. The Bertz CT molecular complexity index is 510. The standard InChI is InChI=1S/C14H19N3O3/c1-15-12(18)11-8-10(4-7-16-11)17-9-14(13(19)20)5-2-3-6-14/h4,7-8H,2-3,5-6,9H2,1H3,(H,15,18)(H,16,17)(H,19,20). The van der Waals surface area contributed by atoms with Gasteiger partial charge in [0.2, 0.25) is 0 Å². The first-order valence-corrected chi connectivity index (χ1v) is 6.73. The Labute approximate surface area is 117 Å². The summed E-state index contributed by atoms with van der Waals surface area (Å²) in [5.74, 6) is -1.01. The van der Waals surface area contributed by atoms with Crippen molar-refractivity contribution in [2.45, 2.75) is 25.7 Å². The summed E-state index contributed by atoms with van der Waals surface area (Å²) in [4.78, 5) is 26.9. The zero-order chi connectivity index (χ0) is 14.6. The first-order valence-electron chi connectivity index (χ1n) is 6.73. The monoisotopic (exact) mass is 277 g/mol. The molecule has 1 heterocycles. The van der Waals surface area contributed by atoms with Crippen LogP contribution < -0.4 is 10.6 Å². The number of carboxylic acid groups (broad SMARTS) is 1. The predicted octanol–water partition coefficient (Wildman–Crippen LogP) is 1.50. The van der Waals surface area contributed by atoms with E-state index in [0.717, 1.165) is 12.8 Å². The quantitative estimate of drug-likeness (QED) is 0.758. The first-order chi connectivity index (χ1) is 9.57. The molecular formula is C14H19N3O3. The predicted molar refractivity (Wildman–Crippen MR) is 74.7 cm³/mol. The number of hydrogen-bond donors (Lipinski definition) is 3. The molecule has 1 aromatic heterocycles. The van der Waals surface area contributed by atoms with Gasteiger partial charge in [0.1, 0.15) is 5.69 Å². The van der Waals surface area contributed by atoms with Gasteiger partial charge in [-0.1, -0.05) is 12.8 Å². The number of carboxylic acids is 1. The van der Waals surface area contributed by atoms with Gasteiger partial charge >= 0.3 is 5.97 Å². The van der Waals surface area contributed by atoms with Gasteiger partial charge in [0.25, 0.3) is 5.91 Å². The summed E-state index contributed by atoms with van der Waals surface area (Å²) in [6.07, 6.45) is 4.84. The van der Waals surface area contributed by atoms with Gasteiger partial charge in [-0.2, -0.15) is 0 Å². The van der Waals surface area contributed by atoms with E-state index < -0.39 is 11.4 Å². The molecule has 0 saturated heterocycles. The summed E-state index contributed by atoms with van der Waals surface area (Å²) in [7, 11) is 1.54. The highest BCUT2D eigenvalue weighted by molar-refractivity contribution is 5.92. The molecule has 0 aromatic carbocycles. The topological polar surface area (TPSA) is 91.3 Å². The second-order valence-electron chi connectivity index (χ2n) is 5.16. The molecule has 20 heavy (non-hydrogen) atoms. The molecule has 3 N–H and O–H groups in total. The number of carbonyl (C=O) groups excluding carboxylic acids is 1. The summed E-state index contributed by atoms with van der Waals surface area (Å²) in [5.41, 5.74) is 0.343. The van der Waals surface area contributed by atoms with E-state index >= 15 is 0 Å². The molecule has 0 spiro atoms. The lowest BCUT2D eigenvalue weighted by Gasteiger charge is -2.24. The Morgan fingerprint density at radius 3 is 2.70 bits per heavy atom. The smallest absolute Gasteiger partial charge is 0.311 e. The second kappa shape index (κ2) is 5.90. The van der Waals surface area contributed by atoms with Crippen molar-refractivity contribution >= 4 is 17.6 Å². The van der Waals surface area contributed by atoms with Crippen LogP contribution in [-0.4, -0.2) is 35.6 Å². The maximum absolute atomic E-state index is 11.5. The van der Waals surface area contributed by atoms with E-state index in [2.05, 4.69) is 15.6 Å². The third-order valence-electron chi connectivity index (χ3n) is 3.86. The van der Waals surface area contributed by atoms with Crippen LogP contribution in [0.15, 0.2) is 18.3 Å². The minimum atomic E-state index is -0.747. The summed E-state index contributed by atoms with van der Waals surface area (Å²) >= 11 is 0. The van der Waals surface area contributed by atoms with E-state index in [-0.39, 0.29) is 5.91 Å². The largest absolute Gasteiger partial charge is 0.481 e. The lowest BCUT2D eigenvalue weighted by atomic mass is 9.86. The van der Waals surface area contributed by atoms with E-state index in [1.165, 1.54) is 6.20 Å². The number of carbonyl (C=O) groups is 2. The Hall–Kier alpha value is -2.11. The highest BCUT2D eigenvalue weighted by Crippen LogP contribution is 2.38. The number of nitrogens with one attached hydrogen (secondary N) is 2. The van der Waals surface area contributed by atoms with E-state index in [1.54, 1.807) is 19.2 Å². The summed E-state index contributed by atoms with van der Waals surface area (Å²) < 4.78 is 0. The minimum absolute atomic E-state index is 0.262. The molecular weight excluding hydrogens is 258 g/mol. The van der Waals surface area contributed by atoms with Crippen molar-refractivity contribution in [3.8, 4) is 0 Å². The number of aromatic nitrogens is 1. The number of hydrogen-bond acceptors (Lipinski definition) is 4. The Morgan fingerprint density at radius 2 is 2.10 bits per heavy atom. The molecule has 2 rings (SSSR count). The maximum atomic E-state index is 11.5. The summed E-state index contributed by atoms with van der Waals surface area (Å²) in [6.45, 7) is 0.375. The molecule has 0 atom stereocenters. The van der Waals surface area contributed by atoms with Gasteiger partial charge in [-0.15, -0.1) is 0 Å². The van der Waals surface area contributed by atoms with Gasteiger partial charge in [0, 0.05) is 25.5 Å². The van der Waals surface area contributed by atoms with Gasteiger partial charge in [-0.3, -0.25) is 14.6 Å². The van der Waals surface area contributed by atoms with Crippen LogP contribution in [0.25, 0.3) is 0 Å². The Kier molecular flexibility index (Phi) is 4.22. The van der Waals surface area contributed by atoms with E-state index in [4.69, 9.17) is 0 Å². The molecule has 0 bridgehead atoms. The van der Waals surface area contributed by atoms with Crippen LogP contribution in [0.1, 0.15) is 36.2 Å². The number of aliphatic carboxylic acids is 1. The van der Waals surface area contributed by atoms with Crippen LogP contribution in [0.2, 0.25) is 0 Å². The summed E-state index contributed by atoms with van der Waals surface area (Å²) in [5, 5.41) is 15.0. The number of pyridine rings is 1. The molecule has 1 aliphatic carbocycles. The van der Waals surface area contributed by atoms with Crippen LogP contribution in [0.3, 0.4) is 0 Å². The van der Waals surface area contributed by atoms with E-state index in [9.17, 15) is 14.7 Å². The highest BCUT2D eigenvalue weighted by atomic mass is 16.4. The maximum Gasteiger partial charge on any atom is 0.311 e. The molecule has 1 saturated carbocycles. The molecule has 0 unspecified atom stereocenters. The van der Waals surface area contributed by atoms with Crippen molar-refractivity contribution in [2.75, 3.05) is 18.9 Å². The molecule has 6 heteroatoms. The van der Waals surface area contributed by atoms with Crippen LogP contribution in [-0.2, 0) is 4.79 Å². The average molecular weight is 277 g/mol. The Morgan fingerprint density at radius 1 is 1.40 bits per heavy atom. The van der Waals surface area contributed by atoms with Crippen molar-refractivity contribution < 1.29 is 14.7 Å². The van der Waals surface area contributed by atoms with Crippen molar-refractivity contribution in [3.05, 3.63) is 24.0 Å². The third-order valence-corrected chi connectivity index (χ3v) is 3.86. The lowest BCUT2D eigenvalue weighted by Crippen LogP contribution is -2.35. The number of nitrogens with zero attached hydrogens (tertiary/aromatic N) is 1. The van der Waals surface area contributed by atoms with Crippen molar-refractivity contribution in [1.82, 2.24) is 10.3 Å². The van der Waals surface area contributed by atoms with E-state index in [1.807, 2.05) is 0 Å². The second-order valence-corrected chi connectivity index (χ2v) is 5.16.